The van der Waals surface area contributed by atoms with E-state index in [1.165, 1.54) is 12.1 Å². The molecule has 1 fully saturated rings. The Morgan fingerprint density at radius 1 is 1.41 bits per heavy atom. The number of benzene rings is 1. The lowest BCUT2D eigenvalue weighted by atomic mass is 9.84. The van der Waals surface area contributed by atoms with Crippen LogP contribution >= 0.6 is 0 Å². The lowest BCUT2D eigenvalue weighted by Crippen LogP contribution is -2.43. The second-order valence-electron chi connectivity index (χ2n) is 4.53. The molecule has 0 radical (unpaired) electrons. The lowest BCUT2D eigenvalue weighted by molar-refractivity contribution is -0.0283. The van der Waals surface area contributed by atoms with Crippen molar-refractivity contribution >= 4 is 0 Å². The Kier molecular flexibility index (Phi) is 3.97. The average molecular weight is 239 g/mol. The number of aliphatic hydroxyl groups excluding tert-OH is 1. The van der Waals surface area contributed by atoms with Crippen LogP contribution in [0.4, 0.5) is 4.39 Å². The predicted octanol–water partition coefficient (Wildman–Crippen LogP) is 1.69. The van der Waals surface area contributed by atoms with Crippen molar-refractivity contribution in [3.8, 4) is 5.75 Å². The molecule has 0 aliphatic heterocycles. The Bertz CT molecular complexity index is 372. The van der Waals surface area contributed by atoms with Gasteiger partial charge >= 0.3 is 0 Å². The summed E-state index contributed by atoms with van der Waals surface area (Å²) in [5, 5.41) is 10.1. The van der Waals surface area contributed by atoms with Crippen molar-refractivity contribution in [1.29, 1.82) is 0 Å². The first-order valence-electron chi connectivity index (χ1n) is 6.01. The average Bonchev–Trinajstić information content (AvgIpc) is 2.32. The van der Waals surface area contributed by atoms with Crippen LogP contribution < -0.4 is 10.5 Å². The van der Waals surface area contributed by atoms with E-state index in [0.29, 0.717) is 12.3 Å². The van der Waals surface area contributed by atoms with E-state index in [2.05, 4.69) is 0 Å². The zero-order chi connectivity index (χ0) is 12.3. The smallest absolute Gasteiger partial charge is 0.126 e. The van der Waals surface area contributed by atoms with Gasteiger partial charge in [-0.05, 0) is 37.9 Å². The highest BCUT2D eigenvalue weighted by atomic mass is 19.1. The Balaban J connectivity index is 2.02. The van der Waals surface area contributed by atoms with E-state index < -0.39 is 6.10 Å². The van der Waals surface area contributed by atoms with E-state index >= 15 is 0 Å². The standard InChI is InChI=1S/C13H18FNO2/c14-10-4-2-5-11(7-10)17-12-6-1-3-9(8-15)13(12)16/h2,4-5,7,9,12-13,16H,1,3,6,8,15H2/t9-,12-,13-/m1/s1. The van der Waals surface area contributed by atoms with Crippen LogP contribution in [-0.2, 0) is 0 Å². The quantitative estimate of drug-likeness (QED) is 0.844. The zero-order valence-corrected chi connectivity index (χ0v) is 9.68. The highest BCUT2D eigenvalue weighted by Crippen LogP contribution is 2.27. The van der Waals surface area contributed by atoms with Gasteiger partial charge in [-0.1, -0.05) is 6.07 Å². The summed E-state index contributed by atoms with van der Waals surface area (Å²) in [6.45, 7) is 0.462. The molecular weight excluding hydrogens is 221 g/mol. The van der Waals surface area contributed by atoms with Crippen molar-refractivity contribution in [3.05, 3.63) is 30.1 Å². The maximum absolute atomic E-state index is 13.0. The molecule has 2 rings (SSSR count). The summed E-state index contributed by atoms with van der Waals surface area (Å²) in [6, 6.07) is 5.99. The maximum atomic E-state index is 13.0. The molecule has 0 heterocycles. The molecule has 94 valence electrons. The number of rotatable bonds is 3. The fourth-order valence-electron chi connectivity index (χ4n) is 2.33. The first-order valence-corrected chi connectivity index (χ1v) is 6.01. The molecule has 0 amide bonds. The summed E-state index contributed by atoms with van der Waals surface area (Å²) in [7, 11) is 0. The predicted molar refractivity (Wildman–Crippen MR) is 63.2 cm³/mol. The molecule has 1 aromatic carbocycles. The molecule has 1 saturated carbocycles. The Hall–Kier alpha value is -1.13. The summed E-state index contributed by atoms with van der Waals surface area (Å²) in [4.78, 5) is 0. The molecule has 0 bridgehead atoms. The Labute approximate surface area is 100 Å². The van der Waals surface area contributed by atoms with Gasteiger partial charge in [0.05, 0.1) is 6.10 Å². The van der Waals surface area contributed by atoms with E-state index in [4.69, 9.17) is 10.5 Å². The number of nitrogens with two attached hydrogens (primary N) is 1. The van der Waals surface area contributed by atoms with Crippen LogP contribution in [0.1, 0.15) is 19.3 Å². The molecule has 3 nitrogen and oxygen atoms in total. The summed E-state index contributed by atoms with van der Waals surface area (Å²) in [6.07, 6.45) is 1.87. The van der Waals surface area contributed by atoms with E-state index in [9.17, 15) is 9.50 Å². The molecule has 1 aliphatic rings. The van der Waals surface area contributed by atoms with E-state index in [1.54, 1.807) is 12.1 Å². The molecule has 17 heavy (non-hydrogen) atoms. The second-order valence-corrected chi connectivity index (χ2v) is 4.53. The number of hydrogen-bond donors (Lipinski definition) is 2. The van der Waals surface area contributed by atoms with Gasteiger partial charge in [0, 0.05) is 12.0 Å². The summed E-state index contributed by atoms with van der Waals surface area (Å²) < 4.78 is 18.6. The van der Waals surface area contributed by atoms with Gasteiger partial charge in [0.2, 0.25) is 0 Å². The minimum absolute atomic E-state index is 0.0855. The molecule has 0 unspecified atom stereocenters. The monoisotopic (exact) mass is 239 g/mol. The lowest BCUT2D eigenvalue weighted by Gasteiger charge is -2.34. The van der Waals surface area contributed by atoms with Gasteiger partial charge in [0.15, 0.2) is 0 Å². The van der Waals surface area contributed by atoms with Crippen LogP contribution in [0.3, 0.4) is 0 Å². The molecule has 0 spiro atoms. The minimum Gasteiger partial charge on any atom is -0.488 e. The topological polar surface area (TPSA) is 55.5 Å². The van der Waals surface area contributed by atoms with Crippen LogP contribution in [0.5, 0.6) is 5.75 Å². The summed E-state index contributed by atoms with van der Waals surface area (Å²) in [5.41, 5.74) is 5.60. The molecule has 4 heteroatoms. The van der Waals surface area contributed by atoms with Crippen LogP contribution in [0.2, 0.25) is 0 Å². The van der Waals surface area contributed by atoms with Crippen molar-refractivity contribution in [1.82, 2.24) is 0 Å². The third-order valence-electron chi connectivity index (χ3n) is 3.31. The zero-order valence-electron chi connectivity index (χ0n) is 9.68. The summed E-state index contributed by atoms with van der Waals surface area (Å²) in [5.74, 6) is 0.220. The molecule has 1 aromatic rings. The molecule has 0 saturated heterocycles. The molecular formula is C13H18FNO2. The number of ether oxygens (including phenoxy) is 1. The number of hydrogen-bond acceptors (Lipinski definition) is 3. The second kappa shape index (κ2) is 5.47. The van der Waals surface area contributed by atoms with Gasteiger partial charge in [-0.3, -0.25) is 0 Å². The third kappa shape index (κ3) is 2.96. The van der Waals surface area contributed by atoms with Crippen molar-refractivity contribution in [2.24, 2.45) is 11.7 Å². The largest absolute Gasteiger partial charge is 0.488 e. The number of aliphatic hydroxyl groups is 1. The minimum atomic E-state index is -0.558. The highest BCUT2D eigenvalue weighted by molar-refractivity contribution is 5.22. The molecule has 0 aromatic heterocycles. The molecule has 3 N–H and O–H groups in total. The molecule has 1 aliphatic carbocycles. The van der Waals surface area contributed by atoms with Crippen LogP contribution in [0, 0.1) is 11.7 Å². The van der Waals surface area contributed by atoms with Crippen molar-refractivity contribution < 1.29 is 14.2 Å². The van der Waals surface area contributed by atoms with Crippen LogP contribution in [0.15, 0.2) is 24.3 Å². The first kappa shape index (κ1) is 12.3. The van der Waals surface area contributed by atoms with Gasteiger partial charge in [0.25, 0.3) is 0 Å². The highest BCUT2D eigenvalue weighted by Gasteiger charge is 2.32. The van der Waals surface area contributed by atoms with Gasteiger partial charge in [-0.2, -0.15) is 0 Å². The first-order chi connectivity index (χ1) is 8.20. The van der Waals surface area contributed by atoms with Crippen LogP contribution in [-0.4, -0.2) is 23.9 Å². The van der Waals surface area contributed by atoms with Gasteiger partial charge < -0.3 is 15.6 Å². The van der Waals surface area contributed by atoms with E-state index in [1.807, 2.05) is 0 Å². The van der Waals surface area contributed by atoms with E-state index in [0.717, 1.165) is 19.3 Å². The van der Waals surface area contributed by atoms with Gasteiger partial charge in [-0.15, -0.1) is 0 Å². The van der Waals surface area contributed by atoms with E-state index in [-0.39, 0.29) is 17.8 Å². The van der Waals surface area contributed by atoms with Crippen molar-refractivity contribution in [3.63, 3.8) is 0 Å². The van der Waals surface area contributed by atoms with Gasteiger partial charge in [0.1, 0.15) is 17.7 Å². The number of halogens is 1. The normalized spacial score (nSPS) is 29.0. The Morgan fingerprint density at radius 3 is 2.94 bits per heavy atom. The fourth-order valence-corrected chi connectivity index (χ4v) is 2.33. The van der Waals surface area contributed by atoms with Crippen LogP contribution in [0.25, 0.3) is 0 Å². The SMILES string of the molecule is NC[C@H]1CCC[C@@H](Oc2cccc(F)c2)[C@@H]1O. The third-order valence-corrected chi connectivity index (χ3v) is 3.31. The van der Waals surface area contributed by atoms with Crippen molar-refractivity contribution in [2.75, 3.05) is 6.54 Å². The molecule has 3 atom stereocenters. The summed E-state index contributed by atoms with van der Waals surface area (Å²) >= 11 is 0. The van der Waals surface area contributed by atoms with Crippen molar-refractivity contribution in [2.45, 2.75) is 31.5 Å². The maximum Gasteiger partial charge on any atom is 0.126 e. The van der Waals surface area contributed by atoms with Gasteiger partial charge in [-0.25, -0.2) is 4.39 Å². The Morgan fingerprint density at radius 2 is 2.24 bits per heavy atom. The fraction of sp³-hybridized carbons (Fsp3) is 0.538.